The number of benzene rings is 1. The SMILES string of the molecule is CCCCCCCCCCCCCCCCCCSCc1cc(C)c(O)c(C)c1. The summed E-state index contributed by atoms with van der Waals surface area (Å²) in [6.07, 6.45) is 22.9. The average Bonchev–Trinajstić information content (AvgIpc) is 2.71. The molecule has 1 nitrogen and oxygen atoms in total. The molecule has 0 aliphatic heterocycles. The van der Waals surface area contributed by atoms with Gasteiger partial charge in [0, 0.05) is 5.75 Å². The highest BCUT2D eigenvalue weighted by Gasteiger charge is 2.03. The molecule has 1 aromatic rings. The molecule has 2 heteroatoms. The fourth-order valence-corrected chi connectivity index (χ4v) is 5.03. The summed E-state index contributed by atoms with van der Waals surface area (Å²) in [7, 11) is 0. The van der Waals surface area contributed by atoms with Crippen LogP contribution in [0, 0.1) is 13.8 Å². The van der Waals surface area contributed by atoms with Gasteiger partial charge >= 0.3 is 0 Å². The van der Waals surface area contributed by atoms with Gasteiger partial charge in [-0.15, -0.1) is 0 Å². The smallest absolute Gasteiger partial charge is 0.121 e. The monoisotopic (exact) mass is 420 g/mol. The second-order valence-corrected chi connectivity index (χ2v) is 10.0. The molecule has 29 heavy (non-hydrogen) atoms. The van der Waals surface area contributed by atoms with Crippen LogP contribution in [0.15, 0.2) is 12.1 Å². The minimum absolute atomic E-state index is 0.455. The normalized spacial score (nSPS) is 11.3. The summed E-state index contributed by atoms with van der Waals surface area (Å²) < 4.78 is 0. The van der Waals surface area contributed by atoms with Crippen LogP contribution >= 0.6 is 11.8 Å². The van der Waals surface area contributed by atoms with Crippen molar-refractivity contribution in [3.8, 4) is 5.75 Å². The molecule has 0 heterocycles. The van der Waals surface area contributed by atoms with E-state index in [1.54, 1.807) is 0 Å². The van der Waals surface area contributed by atoms with Gasteiger partial charge in [-0.1, -0.05) is 115 Å². The summed E-state index contributed by atoms with van der Waals surface area (Å²) in [5, 5.41) is 9.85. The second-order valence-electron chi connectivity index (χ2n) is 8.93. The largest absolute Gasteiger partial charge is 0.507 e. The van der Waals surface area contributed by atoms with Crippen molar-refractivity contribution in [1.82, 2.24) is 0 Å². The molecule has 0 saturated carbocycles. The lowest BCUT2D eigenvalue weighted by Crippen LogP contribution is -1.89. The Balaban J connectivity index is 1.80. The first-order valence-electron chi connectivity index (χ1n) is 12.5. The Labute approximate surface area is 186 Å². The standard InChI is InChI=1S/C27H48OS/c1-4-5-6-7-8-9-10-11-12-13-14-15-16-17-18-19-20-29-23-26-21-24(2)27(28)25(3)22-26/h21-22,28H,4-20,23H2,1-3H3. The highest BCUT2D eigenvalue weighted by molar-refractivity contribution is 7.98. The molecule has 0 aliphatic carbocycles. The fourth-order valence-electron chi connectivity index (χ4n) is 4.07. The number of unbranched alkanes of at least 4 members (excludes halogenated alkanes) is 15. The maximum absolute atomic E-state index is 9.85. The van der Waals surface area contributed by atoms with E-state index < -0.39 is 0 Å². The lowest BCUT2D eigenvalue weighted by molar-refractivity contribution is 0.466. The van der Waals surface area contributed by atoms with Crippen molar-refractivity contribution in [2.75, 3.05) is 5.75 Å². The topological polar surface area (TPSA) is 20.2 Å². The molecule has 0 saturated heterocycles. The van der Waals surface area contributed by atoms with E-state index in [1.165, 1.54) is 114 Å². The van der Waals surface area contributed by atoms with Crippen LogP contribution in [0.1, 0.15) is 126 Å². The van der Waals surface area contributed by atoms with Crippen LogP contribution in [0.25, 0.3) is 0 Å². The van der Waals surface area contributed by atoms with Crippen molar-refractivity contribution < 1.29 is 5.11 Å². The van der Waals surface area contributed by atoms with E-state index in [2.05, 4.69) is 19.1 Å². The summed E-state index contributed by atoms with van der Waals surface area (Å²) in [5.74, 6) is 2.79. The number of rotatable bonds is 19. The van der Waals surface area contributed by atoms with Crippen molar-refractivity contribution in [3.63, 3.8) is 0 Å². The maximum atomic E-state index is 9.85. The number of phenolic OH excluding ortho intramolecular Hbond substituents is 1. The molecule has 0 fully saturated rings. The highest BCUT2D eigenvalue weighted by atomic mass is 32.2. The van der Waals surface area contributed by atoms with E-state index in [9.17, 15) is 5.11 Å². The van der Waals surface area contributed by atoms with E-state index in [0.717, 1.165) is 16.9 Å². The van der Waals surface area contributed by atoms with Gasteiger partial charge in [0.15, 0.2) is 0 Å². The Morgan fingerprint density at radius 2 is 1.00 bits per heavy atom. The summed E-state index contributed by atoms with van der Waals surface area (Å²) in [5.41, 5.74) is 3.35. The van der Waals surface area contributed by atoms with Gasteiger partial charge in [0.1, 0.15) is 5.75 Å². The van der Waals surface area contributed by atoms with Crippen LogP contribution in [0.2, 0.25) is 0 Å². The fraction of sp³-hybridized carbons (Fsp3) is 0.778. The van der Waals surface area contributed by atoms with Crippen molar-refractivity contribution in [3.05, 3.63) is 28.8 Å². The Morgan fingerprint density at radius 3 is 1.41 bits per heavy atom. The van der Waals surface area contributed by atoms with Crippen molar-refractivity contribution >= 4 is 11.8 Å². The number of hydrogen-bond acceptors (Lipinski definition) is 2. The first-order chi connectivity index (χ1) is 14.1. The van der Waals surface area contributed by atoms with Gasteiger partial charge in [0.05, 0.1) is 0 Å². The predicted molar refractivity (Wildman–Crippen MR) is 133 cm³/mol. The second kappa shape index (κ2) is 18.2. The van der Waals surface area contributed by atoms with Gasteiger partial charge in [-0.25, -0.2) is 0 Å². The van der Waals surface area contributed by atoms with E-state index >= 15 is 0 Å². The molecule has 1 rings (SSSR count). The van der Waals surface area contributed by atoms with Crippen LogP contribution in [-0.2, 0) is 5.75 Å². The van der Waals surface area contributed by atoms with E-state index in [0.29, 0.717) is 5.75 Å². The molecule has 0 bridgehead atoms. The van der Waals surface area contributed by atoms with Crippen LogP contribution in [0.3, 0.4) is 0 Å². The average molecular weight is 421 g/mol. The first-order valence-corrected chi connectivity index (χ1v) is 13.7. The van der Waals surface area contributed by atoms with E-state index in [4.69, 9.17) is 0 Å². The lowest BCUT2D eigenvalue weighted by atomic mass is 10.0. The van der Waals surface area contributed by atoms with Crippen LogP contribution in [0.4, 0.5) is 0 Å². The number of thioether (sulfide) groups is 1. The number of phenols is 1. The molecule has 1 aromatic carbocycles. The number of hydrogen-bond donors (Lipinski definition) is 1. The van der Waals surface area contributed by atoms with Gasteiger partial charge in [0.25, 0.3) is 0 Å². The molecule has 0 aliphatic rings. The zero-order valence-corrected chi connectivity index (χ0v) is 20.6. The highest BCUT2D eigenvalue weighted by Crippen LogP contribution is 2.25. The summed E-state index contributed by atoms with van der Waals surface area (Å²) in [4.78, 5) is 0. The van der Waals surface area contributed by atoms with Crippen molar-refractivity contribution in [1.29, 1.82) is 0 Å². The quantitative estimate of drug-likeness (QED) is 0.225. The molecule has 0 spiro atoms. The molecule has 0 radical (unpaired) electrons. The zero-order chi connectivity index (χ0) is 21.2. The number of aryl methyl sites for hydroxylation is 2. The molecular formula is C27H48OS. The van der Waals surface area contributed by atoms with Gasteiger partial charge < -0.3 is 5.11 Å². The van der Waals surface area contributed by atoms with E-state index in [-0.39, 0.29) is 0 Å². The third kappa shape index (κ3) is 14.1. The molecule has 1 N–H and O–H groups in total. The van der Waals surface area contributed by atoms with Crippen molar-refractivity contribution in [2.45, 2.75) is 129 Å². The van der Waals surface area contributed by atoms with Gasteiger partial charge in [-0.05, 0) is 42.7 Å². The molecule has 168 valence electrons. The minimum atomic E-state index is 0.455. The lowest BCUT2D eigenvalue weighted by Gasteiger charge is -2.08. The summed E-state index contributed by atoms with van der Waals surface area (Å²) >= 11 is 2.03. The number of aromatic hydroxyl groups is 1. The Kier molecular flexibility index (Phi) is 16.5. The van der Waals surface area contributed by atoms with Crippen LogP contribution < -0.4 is 0 Å². The molecule has 0 atom stereocenters. The molecule has 0 aromatic heterocycles. The third-order valence-corrected chi connectivity index (χ3v) is 7.08. The minimum Gasteiger partial charge on any atom is -0.507 e. The molecule has 0 amide bonds. The van der Waals surface area contributed by atoms with Crippen molar-refractivity contribution in [2.24, 2.45) is 0 Å². The predicted octanol–water partition coefficient (Wildman–Crippen LogP) is 9.50. The molecule has 0 unspecified atom stereocenters. The van der Waals surface area contributed by atoms with Gasteiger partial charge in [-0.3, -0.25) is 0 Å². The van der Waals surface area contributed by atoms with Crippen LogP contribution in [0.5, 0.6) is 5.75 Å². The Hall–Kier alpha value is -0.630. The summed E-state index contributed by atoms with van der Waals surface area (Å²) in [6.45, 7) is 6.28. The summed E-state index contributed by atoms with van der Waals surface area (Å²) in [6, 6.07) is 4.26. The maximum Gasteiger partial charge on any atom is 0.121 e. The zero-order valence-electron chi connectivity index (χ0n) is 19.7. The third-order valence-electron chi connectivity index (χ3n) is 5.96. The first kappa shape index (κ1) is 26.4. The molecular weight excluding hydrogens is 372 g/mol. The van der Waals surface area contributed by atoms with Gasteiger partial charge in [-0.2, -0.15) is 11.8 Å². The van der Waals surface area contributed by atoms with E-state index in [1.807, 2.05) is 25.6 Å². The Bertz CT molecular complexity index is 488. The van der Waals surface area contributed by atoms with Crippen LogP contribution in [-0.4, -0.2) is 10.9 Å². The van der Waals surface area contributed by atoms with Gasteiger partial charge in [0.2, 0.25) is 0 Å². The Morgan fingerprint density at radius 1 is 0.621 bits per heavy atom.